The summed E-state index contributed by atoms with van der Waals surface area (Å²) in [5.41, 5.74) is 1.70. The Morgan fingerprint density at radius 2 is 1.96 bits per heavy atom. The van der Waals surface area contributed by atoms with Crippen LogP contribution in [-0.2, 0) is 11.2 Å². The van der Waals surface area contributed by atoms with Crippen molar-refractivity contribution >= 4 is 16.9 Å². The van der Waals surface area contributed by atoms with Gasteiger partial charge in [-0.2, -0.15) is 0 Å². The number of piperidine rings is 1. The van der Waals surface area contributed by atoms with E-state index in [0.29, 0.717) is 18.5 Å². The van der Waals surface area contributed by atoms with Crippen LogP contribution in [0.2, 0.25) is 0 Å². The molecule has 1 aliphatic carbocycles. The summed E-state index contributed by atoms with van der Waals surface area (Å²) in [6.45, 7) is 2.17. The van der Waals surface area contributed by atoms with E-state index in [4.69, 9.17) is 0 Å². The first-order chi connectivity index (χ1) is 12.2. The van der Waals surface area contributed by atoms with Gasteiger partial charge in [0.05, 0.1) is 11.0 Å². The fourth-order valence-electron chi connectivity index (χ4n) is 3.62. The molecule has 1 aromatic heterocycles. The number of carbonyl (C=O) groups excluding carboxylic acids is 1. The van der Waals surface area contributed by atoms with Crippen molar-refractivity contribution in [3.05, 3.63) is 40.3 Å². The average molecular weight is 340 g/mol. The van der Waals surface area contributed by atoms with Crippen LogP contribution in [-0.4, -0.2) is 45.9 Å². The zero-order valence-electron chi connectivity index (χ0n) is 14.3. The number of nitrogens with one attached hydrogen (secondary N) is 2. The highest BCUT2D eigenvalue weighted by Gasteiger charge is 2.32. The molecule has 1 saturated heterocycles. The molecule has 2 fully saturated rings. The lowest BCUT2D eigenvalue weighted by molar-refractivity contribution is -0.122. The Hall–Kier alpha value is -2.21. The van der Waals surface area contributed by atoms with E-state index in [1.807, 2.05) is 24.3 Å². The molecule has 2 aromatic rings. The average Bonchev–Trinajstić information content (AvgIpc) is 3.46. The molecule has 4 rings (SSSR count). The van der Waals surface area contributed by atoms with E-state index in [0.717, 1.165) is 43.0 Å². The highest BCUT2D eigenvalue weighted by Crippen LogP contribution is 2.29. The number of hydrogen-bond donors (Lipinski definition) is 2. The van der Waals surface area contributed by atoms with Gasteiger partial charge in [-0.25, -0.2) is 4.98 Å². The molecule has 132 valence electrons. The van der Waals surface area contributed by atoms with Gasteiger partial charge in [0.15, 0.2) is 0 Å². The van der Waals surface area contributed by atoms with E-state index < -0.39 is 0 Å². The molecule has 0 spiro atoms. The van der Waals surface area contributed by atoms with Gasteiger partial charge in [0.2, 0.25) is 5.91 Å². The molecule has 25 heavy (non-hydrogen) atoms. The van der Waals surface area contributed by atoms with Crippen LogP contribution in [0.3, 0.4) is 0 Å². The first-order valence-electron chi connectivity index (χ1n) is 9.20. The molecule has 6 heteroatoms. The van der Waals surface area contributed by atoms with Gasteiger partial charge in [-0.3, -0.25) is 9.59 Å². The molecule has 2 heterocycles. The van der Waals surface area contributed by atoms with Crippen LogP contribution in [0.15, 0.2) is 29.1 Å². The van der Waals surface area contributed by atoms with E-state index in [2.05, 4.69) is 20.2 Å². The van der Waals surface area contributed by atoms with Crippen molar-refractivity contribution in [2.75, 3.05) is 13.1 Å². The van der Waals surface area contributed by atoms with Crippen molar-refractivity contribution in [3.63, 3.8) is 0 Å². The summed E-state index contributed by atoms with van der Waals surface area (Å²) in [7, 11) is 0. The van der Waals surface area contributed by atoms with Crippen LogP contribution >= 0.6 is 0 Å². The van der Waals surface area contributed by atoms with Gasteiger partial charge < -0.3 is 15.2 Å². The number of amides is 1. The molecule has 2 aliphatic rings. The second-order valence-corrected chi connectivity index (χ2v) is 7.14. The van der Waals surface area contributed by atoms with E-state index >= 15 is 0 Å². The minimum atomic E-state index is -0.204. The van der Waals surface area contributed by atoms with Crippen molar-refractivity contribution < 1.29 is 4.79 Å². The molecule has 2 N–H and O–H groups in total. The number of H-pyrrole nitrogens is 1. The number of carbonyl (C=O) groups is 1. The molecule has 0 bridgehead atoms. The number of para-hydroxylation sites is 2. The molecule has 1 saturated carbocycles. The molecule has 0 radical (unpaired) electrons. The molecule has 1 aromatic carbocycles. The monoisotopic (exact) mass is 340 g/mol. The number of nitrogens with zero attached hydrogens (tertiary/aromatic N) is 2. The number of aryl methyl sites for hydroxylation is 1. The van der Waals surface area contributed by atoms with Crippen molar-refractivity contribution in [2.24, 2.45) is 0 Å². The standard InChI is InChI=1S/C19H24N4O2/c24-18(20-13-9-11-23(12-10-13)14-5-6-14)8-7-17-19(25)22-16-4-2-1-3-15(16)21-17/h1-4,13-14H,5-12H2,(H,20,24)(H,22,25). The topological polar surface area (TPSA) is 78.1 Å². The molecule has 0 unspecified atom stereocenters. The largest absolute Gasteiger partial charge is 0.353 e. The first kappa shape index (κ1) is 16.3. The highest BCUT2D eigenvalue weighted by molar-refractivity contribution is 5.77. The van der Waals surface area contributed by atoms with Gasteiger partial charge in [-0.05, 0) is 37.8 Å². The van der Waals surface area contributed by atoms with E-state index in [1.54, 1.807) is 0 Å². The summed E-state index contributed by atoms with van der Waals surface area (Å²) in [6.07, 6.45) is 5.40. The minimum absolute atomic E-state index is 0.0132. The van der Waals surface area contributed by atoms with Crippen LogP contribution in [0.5, 0.6) is 0 Å². The summed E-state index contributed by atoms with van der Waals surface area (Å²) in [4.78, 5) is 34.1. The number of rotatable bonds is 5. The fraction of sp³-hybridized carbons (Fsp3) is 0.526. The lowest BCUT2D eigenvalue weighted by Gasteiger charge is -2.32. The summed E-state index contributed by atoms with van der Waals surface area (Å²) in [5, 5.41) is 3.12. The van der Waals surface area contributed by atoms with E-state index in [1.165, 1.54) is 12.8 Å². The Morgan fingerprint density at radius 3 is 2.72 bits per heavy atom. The molecule has 6 nitrogen and oxygen atoms in total. The number of aromatic nitrogens is 2. The van der Waals surface area contributed by atoms with Crippen LogP contribution in [0.25, 0.3) is 11.0 Å². The normalized spacial score (nSPS) is 19.2. The van der Waals surface area contributed by atoms with Crippen molar-refractivity contribution in [1.82, 2.24) is 20.2 Å². The third-order valence-electron chi connectivity index (χ3n) is 5.22. The molecular weight excluding hydrogens is 316 g/mol. The van der Waals surface area contributed by atoms with Crippen LogP contribution in [0.1, 0.15) is 37.8 Å². The third kappa shape index (κ3) is 3.90. The maximum Gasteiger partial charge on any atom is 0.270 e. The second-order valence-electron chi connectivity index (χ2n) is 7.14. The molecule has 1 aliphatic heterocycles. The fourth-order valence-corrected chi connectivity index (χ4v) is 3.62. The van der Waals surface area contributed by atoms with Gasteiger partial charge in [-0.15, -0.1) is 0 Å². The van der Waals surface area contributed by atoms with Gasteiger partial charge in [0.1, 0.15) is 5.69 Å². The number of aromatic amines is 1. The van der Waals surface area contributed by atoms with Gasteiger partial charge in [-0.1, -0.05) is 12.1 Å². The number of benzene rings is 1. The first-order valence-corrected chi connectivity index (χ1v) is 9.20. The van der Waals surface area contributed by atoms with Crippen molar-refractivity contribution in [1.29, 1.82) is 0 Å². The Labute approximate surface area is 146 Å². The molecule has 1 amide bonds. The Balaban J connectivity index is 1.30. The van der Waals surface area contributed by atoms with Gasteiger partial charge in [0.25, 0.3) is 5.56 Å². The van der Waals surface area contributed by atoms with Gasteiger partial charge in [0, 0.05) is 38.0 Å². The minimum Gasteiger partial charge on any atom is -0.353 e. The highest BCUT2D eigenvalue weighted by atomic mass is 16.1. The number of hydrogen-bond acceptors (Lipinski definition) is 4. The Bertz CT molecular complexity index is 820. The summed E-state index contributed by atoms with van der Waals surface area (Å²) in [5.74, 6) is 0.0132. The maximum absolute atomic E-state index is 12.2. The van der Waals surface area contributed by atoms with Gasteiger partial charge >= 0.3 is 0 Å². The SMILES string of the molecule is O=C(CCc1nc2ccccc2[nH]c1=O)NC1CCN(C2CC2)CC1. The zero-order chi connectivity index (χ0) is 17.2. The van der Waals surface area contributed by atoms with E-state index in [9.17, 15) is 9.59 Å². The Morgan fingerprint density at radius 1 is 1.20 bits per heavy atom. The smallest absolute Gasteiger partial charge is 0.270 e. The summed E-state index contributed by atoms with van der Waals surface area (Å²) in [6, 6.07) is 8.52. The lowest BCUT2D eigenvalue weighted by atomic mass is 10.0. The van der Waals surface area contributed by atoms with Crippen molar-refractivity contribution in [2.45, 2.75) is 50.6 Å². The van der Waals surface area contributed by atoms with Crippen LogP contribution in [0.4, 0.5) is 0 Å². The second kappa shape index (κ2) is 6.96. The van der Waals surface area contributed by atoms with Crippen LogP contribution < -0.4 is 10.9 Å². The lowest BCUT2D eigenvalue weighted by Crippen LogP contribution is -2.45. The molecular formula is C19H24N4O2. The predicted molar refractivity (Wildman–Crippen MR) is 96.4 cm³/mol. The third-order valence-corrected chi connectivity index (χ3v) is 5.22. The number of fused-ring (bicyclic) bond motifs is 1. The Kier molecular flexibility index (Phi) is 4.53. The zero-order valence-corrected chi connectivity index (χ0v) is 14.3. The van der Waals surface area contributed by atoms with Crippen molar-refractivity contribution in [3.8, 4) is 0 Å². The van der Waals surface area contributed by atoms with Crippen LogP contribution in [0, 0.1) is 0 Å². The predicted octanol–water partition coefficient (Wildman–Crippen LogP) is 1.60. The summed E-state index contributed by atoms with van der Waals surface area (Å²) >= 11 is 0. The quantitative estimate of drug-likeness (QED) is 0.867. The molecule has 0 atom stereocenters. The number of likely N-dealkylation sites (tertiary alicyclic amines) is 1. The van der Waals surface area contributed by atoms with E-state index in [-0.39, 0.29) is 17.5 Å². The summed E-state index contributed by atoms with van der Waals surface area (Å²) < 4.78 is 0. The maximum atomic E-state index is 12.2.